The Kier molecular flexibility index (Phi) is 5.45. The van der Waals surface area contributed by atoms with E-state index in [1.54, 1.807) is 35.3 Å². The Bertz CT molecular complexity index is 510. The molecule has 19 heavy (non-hydrogen) atoms. The minimum atomic E-state index is -0.697. The molecule has 5 heteroatoms. The summed E-state index contributed by atoms with van der Waals surface area (Å²) in [5.41, 5.74) is 0.339. The molecule has 0 aliphatic carbocycles. The highest BCUT2D eigenvalue weighted by Gasteiger charge is 2.25. The molecule has 0 aromatic heterocycles. The molecule has 0 aliphatic rings. The summed E-state index contributed by atoms with van der Waals surface area (Å²) in [5, 5.41) is 20.3. The van der Waals surface area contributed by atoms with Crippen LogP contribution in [0.15, 0.2) is 49.6 Å². The molecule has 5 nitrogen and oxygen atoms in total. The third-order valence-corrected chi connectivity index (χ3v) is 2.64. The fourth-order valence-corrected chi connectivity index (χ4v) is 1.85. The summed E-state index contributed by atoms with van der Waals surface area (Å²) in [6.07, 6.45) is 3.31. The maximum atomic E-state index is 11.0. The van der Waals surface area contributed by atoms with Crippen molar-refractivity contribution in [2.75, 3.05) is 13.1 Å². The molecule has 1 rings (SSSR count). The van der Waals surface area contributed by atoms with Crippen molar-refractivity contribution in [1.29, 1.82) is 5.26 Å². The second-order valence-electron chi connectivity index (χ2n) is 3.88. The summed E-state index contributed by atoms with van der Waals surface area (Å²) in [4.78, 5) is 12.3. The van der Waals surface area contributed by atoms with Crippen molar-refractivity contribution in [3.63, 3.8) is 0 Å². The molecular formula is C14H15N3O2. The number of para-hydroxylation sites is 1. The molecule has 0 fully saturated rings. The minimum absolute atomic E-state index is 0.0489. The van der Waals surface area contributed by atoms with Gasteiger partial charge in [-0.2, -0.15) is 5.26 Å². The van der Waals surface area contributed by atoms with Crippen LogP contribution in [0.4, 0.5) is 5.69 Å². The van der Waals surface area contributed by atoms with Crippen molar-refractivity contribution >= 4 is 5.69 Å². The first kappa shape index (κ1) is 14.6. The Hall–Kier alpha value is -2.45. The number of hydrogen-bond acceptors (Lipinski definition) is 4. The first-order valence-corrected chi connectivity index (χ1v) is 5.74. The zero-order valence-electron chi connectivity index (χ0n) is 10.5. The van der Waals surface area contributed by atoms with E-state index in [1.165, 1.54) is 6.07 Å². The smallest absolute Gasteiger partial charge is 0.275 e. The summed E-state index contributed by atoms with van der Waals surface area (Å²) in [6.45, 7) is 8.17. The standard InChI is InChI=1S/C14H15N3O2/c1-3-9-16(10-4-2)14(11-15)12-7-5-6-8-13(12)17(18)19/h3-8,14H,1-2,9-10H2. The molecule has 0 N–H and O–H groups in total. The predicted octanol–water partition coefficient (Wildman–Crippen LogP) is 2.83. The number of nitrogens with zero attached hydrogens (tertiary/aromatic N) is 3. The summed E-state index contributed by atoms with van der Waals surface area (Å²) in [7, 11) is 0. The molecule has 1 unspecified atom stereocenters. The lowest BCUT2D eigenvalue weighted by atomic mass is 10.0. The van der Waals surface area contributed by atoms with E-state index in [0.717, 1.165) is 0 Å². The molecule has 0 amide bonds. The van der Waals surface area contributed by atoms with E-state index < -0.39 is 11.0 Å². The van der Waals surface area contributed by atoms with E-state index in [1.807, 2.05) is 0 Å². The van der Waals surface area contributed by atoms with Crippen LogP contribution in [-0.4, -0.2) is 22.9 Å². The summed E-state index contributed by atoms with van der Waals surface area (Å²) < 4.78 is 0. The normalized spacial score (nSPS) is 11.6. The van der Waals surface area contributed by atoms with Crippen molar-refractivity contribution in [2.24, 2.45) is 0 Å². The number of hydrogen-bond donors (Lipinski definition) is 0. The summed E-state index contributed by atoms with van der Waals surface area (Å²) in [5.74, 6) is 0. The molecule has 0 spiro atoms. The lowest BCUT2D eigenvalue weighted by Crippen LogP contribution is -2.28. The maximum Gasteiger partial charge on any atom is 0.275 e. The lowest BCUT2D eigenvalue weighted by molar-refractivity contribution is -0.385. The van der Waals surface area contributed by atoms with E-state index in [2.05, 4.69) is 19.2 Å². The molecule has 1 atom stereocenters. The highest BCUT2D eigenvalue weighted by Crippen LogP contribution is 2.28. The van der Waals surface area contributed by atoms with Gasteiger partial charge in [-0.05, 0) is 6.07 Å². The van der Waals surface area contributed by atoms with E-state index in [9.17, 15) is 15.4 Å². The Morgan fingerprint density at radius 1 is 1.37 bits per heavy atom. The van der Waals surface area contributed by atoms with Gasteiger partial charge < -0.3 is 0 Å². The highest BCUT2D eigenvalue weighted by molar-refractivity contribution is 5.44. The Labute approximate surface area is 112 Å². The fourth-order valence-electron chi connectivity index (χ4n) is 1.85. The molecule has 1 aromatic rings. The first-order valence-electron chi connectivity index (χ1n) is 5.74. The minimum Gasteiger partial charge on any atom is -0.277 e. The second kappa shape index (κ2) is 7.09. The Balaban J connectivity index is 3.22. The van der Waals surface area contributed by atoms with Crippen LogP contribution in [0.3, 0.4) is 0 Å². The summed E-state index contributed by atoms with van der Waals surface area (Å²) >= 11 is 0. The van der Waals surface area contributed by atoms with Gasteiger partial charge in [0.25, 0.3) is 5.69 Å². The number of nitro groups is 1. The van der Waals surface area contributed by atoms with Crippen LogP contribution in [0.1, 0.15) is 11.6 Å². The van der Waals surface area contributed by atoms with Crippen LogP contribution < -0.4 is 0 Å². The van der Waals surface area contributed by atoms with Crippen molar-refractivity contribution in [3.05, 3.63) is 65.3 Å². The molecule has 1 aromatic carbocycles. The average Bonchev–Trinajstić information content (AvgIpc) is 2.40. The number of benzene rings is 1. The molecule has 0 saturated carbocycles. The lowest BCUT2D eigenvalue weighted by Gasteiger charge is -2.24. The monoisotopic (exact) mass is 257 g/mol. The zero-order chi connectivity index (χ0) is 14.3. The largest absolute Gasteiger partial charge is 0.277 e. The van der Waals surface area contributed by atoms with Gasteiger partial charge in [-0.25, -0.2) is 0 Å². The zero-order valence-corrected chi connectivity index (χ0v) is 10.5. The summed E-state index contributed by atoms with van der Waals surface area (Å²) in [6, 6.07) is 7.69. The third-order valence-electron chi connectivity index (χ3n) is 2.64. The van der Waals surface area contributed by atoms with Gasteiger partial charge in [-0.1, -0.05) is 24.3 Å². The molecule has 0 bridgehead atoms. The van der Waals surface area contributed by atoms with Gasteiger partial charge in [0.2, 0.25) is 0 Å². The van der Waals surface area contributed by atoms with Crippen LogP contribution >= 0.6 is 0 Å². The quantitative estimate of drug-likeness (QED) is 0.428. The van der Waals surface area contributed by atoms with Gasteiger partial charge in [0.1, 0.15) is 6.04 Å². The fraction of sp³-hybridized carbons (Fsp3) is 0.214. The van der Waals surface area contributed by atoms with Crippen molar-refractivity contribution in [3.8, 4) is 6.07 Å². The topological polar surface area (TPSA) is 70.2 Å². The van der Waals surface area contributed by atoms with E-state index >= 15 is 0 Å². The van der Waals surface area contributed by atoms with Gasteiger partial charge in [-0.15, -0.1) is 13.2 Å². The van der Waals surface area contributed by atoms with Gasteiger partial charge in [0, 0.05) is 19.2 Å². The van der Waals surface area contributed by atoms with E-state index in [-0.39, 0.29) is 5.69 Å². The molecule has 98 valence electrons. The third kappa shape index (κ3) is 3.50. The number of rotatable bonds is 7. The van der Waals surface area contributed by atoms with Crippen molar-refractivity contribution < 1.29 is 4.92 Å². The first-order chi connectivity index (χ1) is 9.15. The molecular weight excluding hydrogens is 242 g/mol. The van der Waals surface area contributed by atoms with Crippen LogP contribution in [0.2, 0.25) is 0 Å². The van der Waals surface area contributed by atoms with Crippen LogP contribution in [0.25, 0.3) is 0 Å². The molecule has 0 heterocycles. The van der Waals surface area contributed by atoms with Gasteiger partial charge in [-0.3, -0.25) is 15.0 Å². The van der Waals surface area contributed by atoms with Crippen LogP contribution in [-0.2, 0) is 0 Å². The van der Waals surface area contributed by atoms with Crippen molar-refractivity contribution in [1.82, 2.24) is 4.90 Å². The van der Waals surface area contributed by atoms with Gasteiger partial charge >= 0.3 is 0 Å². The van der Waals surface area contributed by atoms with Gasteiger partial charge in [0.05, 0.1) is 16.6 Å². The average molecular weight is 257 g/mol. The molecule has 0 aliphatic heterocycles. The van der Waals surface area contributed by atoms with E-state index in [0.29, 0.717) is 18.7 Å². The second-order valence-corrected chi connectivity index (χ2v) is 3.88. The number of nitro benzene ring substituents is 1. The van der Waals surface area contributed by atoms with Crippen LogP contribution in [0, 0.1) is 21.4 Å². The number of nitriles is 1. The Morgan fingerprint density at radius 3 is 2.42 bits per heavy atom. The highest BCUT2D eigenvalue weighted by atomic mass is 16.6. The van der Waals surface area contributed by atoms with E-state index in [4.69, 9.17) is 0 Å². The maximum absolute atomic E-state index is 11.0. The SMILES string of the molecule is C=CCN(CC=C)C(C#N)c1ccccc1[N+](=O)[O-]. The molecule has 0 saturated heterocycles. The predicted molar refractivity (Wildman–Crippen MR) is 73.4 cm³/mol. The van der Waals surface area contributed by atoms with Crippen LogP contribution in [0.5, 0.6) is 0 Å². The molecule has 0 radical (unpaired) electrons. The van der Waals surface area contributed by atoms with Crippen molar-refractivity contribution in [2.45, 2.75) is 6.04 Å². The van der Waals surface area contributed by atoms with Gasteiger partial charge in [0.15, 0.2) is 0 Å². The Morgan fingerprint density at radius 2 is 1.95 bits per heavy atom.